The molecule has 3 N–H and O–H groups in total. The molecule has 1 aliphatic heterocycles. The third kappa shape index (κ3) is 4.55. The zero-order chi connectivity index (χ0) is 23.0. The number of nitrogens with two attached hydrogens (primary N) is 1. The molecule has 1 aliphatic rings. The summed E-state index contributed by atoms with van der Waals surface area (Å²) in [6.07, 6.45) is 2.79. The fourth-order valence-corrected chi connectivity index (χ4v) is 4.74. The summed E-state index contributed by atoms with van der Waals surface area (Å²) in [6.45, 7) is 8.54. The van der Waals surface area contributed by atoms with E-state index in [1.54, 1.807) is 11.4 Å². The average Bonchev–Trinajstić information content (AvgIpc) is 3.32. The van der Waals surface area contributed by atoms with Gasteiger partial charge in [-0.25, -0.2) is 14.3 Å². The third-order valence-corrected chi connectivity index (χ3v) is 6.32. The van der Waals surface area contributed by atoms with Gasteiger partial charge in [-0.3, -0.25) is 4.79 Å². The number of rotatable bonds is 4. The van der Waals surface area contributed by atoms with Crippen LogP contribution in [0.4, 0.5) is 16.3 Å². The molecule has 0 bridgehead atoms. The topological polar surface area (TPSA) is 115 Å². The molecule has 1 amide bonds. The highest BCUT2D eigenvalue weighted by atomic mass is 32.1. The lowest BCUT2D eigenvalue weighted by Gasteiger charge is -2.34. The van der Waals surface area contributed by atoms with E-state index in [4.69, 9.17) is 10.5 Å². The fraction of sp³-hybridized carbons (Fsp3) is 0.455. The van der Waals surface area contributed by atoms with E-state index in [0.717, 1.165) is 41.8 Å². The van der Waals surface area contributed by atoms with E-state index >= 15 is 0 Å². The monoisotopic (exact) mass is 456 g/mol. The second-order valence-electron chi connectivity index (χ2n) is 9.01. The Bertz CT molecular complexity index is 1160. The van der Waals surface area contributed by atoms with Crippen molar-refractivity contribution in [3.8, 4) is 11.3 Å². The van der Waals surface area contributed by atoms with Crippen molar-refractivity contribution in [3.63, 3.8) is 0 Å². The largest absolute Gasteiger partial charge is 0.444 e. The number of Topliss-reactive ketones (excluding diaryl/α,β-unsaturated/α-hetero) is 1. The highest BCUT2D eigenvalue weighted by Crippen LogP contribution is 2.36. The number of carbonyl (C=O) groups is 2. The van der Waals surface area contributed by atoms with Gasteiger partial charge in [0.15, 0.2) is 11.6 Å². The van der Waals surface area contributed by atoms with Gasteiger partial charge < -0.3 is 20.7 Å². The van der Waals surface area contributed by atoms with Crippen LogP contribution in [-0.4, -0.2) is 51.2 Å². The summed E-state index contributed by atoms with van der Waals surface area (Å²) < 4.78 is 7.19. The number of hydrogen-bond donors (Lipinski definition) is 2. The molecule has 1 atom stereocenters. The zero-order valence-corrected chi connectivity index (χ0v) is 19.5. The Kier molecular flexibility index (Phi) is 5.81. The molecular formula is C22H28N6O3S. The first kappa shape index (κ1) is 22.1. The van der Waals surface area contributed by atoms with Gasteiger partial charge in [0, 0.05) is 30.1 Å². The lowest BCUT2D eigenvalue weighted by molar-refractivity contribution is 0.0500. The number of ether oxygens (including phenoxy) is 1. The Labute approximate surface area is 190 Å². The number of nitrogens with one attached hydrogen (secondary N) is 1. The van der Waals surface area contributed by atoms with Crippen molar-refractivity contribution in [1.82, 2.24) is 19.9 Å². The maximum atomic E-state index is 12.3. The number of anilines is 2. The van der Waals surface area contributed by atoms with E-state index in [0.29, 0.717) is 17.2 Å². The number of amides is 1. The number of nitrogen functional groups attached to an aromatic ring is 1. The Morgan fingerprint density at radius 3 is 2.78 bits per heavy atom. The summed E-state index contributed by atoms with van der Waals surface area (Å²) in [6, 6.07) is 3.86. The van der Waals surface area contributed by atoms with Crippen LogP contribution in [-0.2, 0) is 4.74 Å². The summed E-state index contributed by atoms with van der Waals surface area (Å²) in [5.41, 5.74) is 9.08. The number of piperidine rings is 1. The first-order chi connectivity index (χ1) is 15.1. The maximum Gasteiger partial charge on any atom is 0.407 e. The van der Waals surface area contributed by atoms with Crippen LogP contribution in [0, 0.1) is 0 Å². The molecule has 1 fully saturated rings. The van der Waals surface area contributed by atoms with Gasteiger partial charge in [-0.1, -0.05) is 0 Å². The molecule has 0 radical (unpaired) electrons. The molecule has 32 heavy (non-hydrogen) atoms. The molecule has 170 valence electrons. The summed E-state index contributed by atoms with van der Waals surface area (Å²) in [4.78, 5) is 31.1. The molecule has 3 aromatic rings. The minimum Gasteiger partial charge on any atom is -0.444 e. The third-order valence-electron chi connectivity index (χ3n) is 5.29. The quantitative estimate of drug-likeness (QED) is 0.575. The number of thiophene rings is 1. The smallest absolute Gasteiger partial charge is 0.407 e. The van der Waals surface area contributed by atoms with Crippen LogP contribution < -0.4 is 16.0 Å². The zero-order valence-electron chi connectivity index (χ0n) is 18.7. The number of fused-ring (bicyclic) bond motifs is 1. The van der Waals surface area contributed by atoms with Crippen LogP contribution in [0.1, 0.15) is 50.2 Å². The van der Waals surface area contributed by atoms with Crippen molar-refractivity contribution < 1.29 is 14.3 Å². The van der Waals surface area contributed by atoms with Gasteiger partial charge in [-0.2, -0.15) is 5.10 Å². The van der Waals surface area contributed by atoms with Crippen LogP contribution in [0.15, 0.2) is 23.8 Å². The molecule has 0 aliphatic carbocycles. The minimum absolute atomic E-state index is 0.0311. The van der Waals surface area contributed by atoms with E-state index < -0.39 is 11.7 Å². The van der Waals surface area contributed by atoms with Gasteiger partial charge in [-0.15, -0.1) is 11.3 Å². The maximum absolute atomic E-state index is 12.3. The Morgan fingerprint density at radius 2 is 2.09 bits per heavy atom. The lowest BCUT2D eigenvalue weighted by atomic mass is 10.1. The van der Waals surface area contributed by atoms with E-state index in [9.17, 15) is 9.59 Å². The van der Waals surface area contributed by atoms with Crippen molar-refractivity contribution in [1.29, 1.82) is 0 Å². The van der Waals surface area contributed by atoms with E-state index in [1.165, 1.54) is 17.7 Å². The summed E-state index contributed by atoms with van der Waals surface area (Å²) in [7, 11) is 0. The van der Waals surface area contributed by atoms with Crippen molar-refractivity contribution in [2.45, 2.75) is 52.2 Å². The first-order valence-corrected chi connectivity index (χ1v) is 11.5. The standard InChI is InChI=1S/C22H28N6O3S/c1-13(29)18-8-14(11-32-18)16-9-17(19-20(23)24-12-25-28(16)19)27-7-5-6-15(10-27)26-21(30)31-22(2,3)4/h8-9,11-12,15H,5-7,10H2,1-4H3,(H,26,30)(H2,23,24,25)/t15-/m1/s1. The van der Waals surface area contributed by atoms with Crippen molar-refractivity contribution >= 4 is 40.2 Å². The van der Waals surface area contributed by atoms with Gasteiger partial charge in [0.05, 0.1) is 16.3 Å². The number of nitrogens with zero attached hydrogens (tertiary/aromatic N) is 4. The molecule has 0 aromatic carbocycles. The molecule has 4 rings (SSSR count). The second-order valence-corrected chi connectivity index (χ2v) is 9.92. The molecule has 9 nitrogen and oxygen atoms in total. The Balaban J connectivity index is 1.65. The number of carbonyl (C=O) groups excluding carboxylic acids is 2. The Hall–Kier alpha value is -3.14. The van der Waals surface area contributed by atoms with Crippen LogP contribution in [0.3, 0.4) is 0 Å². The van der Waals surface area contributed by atoms with E-state index in [2.05, 4.69) is 20.3 Å². The van der Waals surface area contributed by atoms with Crippen molar-refractivity contribution in [2.75, 3.05) is 23.7 Å². The number of hydrogen-bond acceptors (Lipinski definition) is 8. The molecule has 0 spiro atoms. The van der Waals surface area contributed by atoms with Crippen molar-refractivity contribution in [2.24, 2.45) is 0 Å². The SMILES string of the molecule is CC(=O)c1cc(-c2cc(N3CCC[C@@H](NC(=O)OC(C)(C)C)C3)c3c(N)ncnn23)cs1. The summed E-state index contributed by atoms with van der Waals surface area (Å²) >= 11 is 1.41. The summed E-state index contributed by atoms with van der Waals surface area (Å²) in [5.74, 6) is 0.411. The van der Waals surface area contributed by atoms with Gasteiger partial charge >= 0.3 is 6.09 Å². The van der Waals surface area contributed by atoms with Crippen LogP contribution in [0.2, 0.25) is 0 Å². The molecule has 10 heteroatoms. The second kappa shape index (κ2) is 8.42. The predicted molar refractivity (Wildman–Crippen MR) is 125 cm³/mol. The molecule has 1 saturated heterocycles. The molecular weight excluding hydrogens is 428 g/mol. The number of ketones is 1. The van der Waals surface area contributed by atoms with Crippen molar-refractivity contribution in [3.05, 3.63) is 28.7 Å². The van der Waals surface area contributed by atoms with E-state index in [-0.39, 0.29) is 11.8 Å². The molecule has 4 heterocycles. The minimum atomic E-state index is -0.545. The predicted octanol–water partition coefficient (Wildman–Crippen LogP) is 3.74. The summed E-state index contributed by atoms with van der Waals surface area (Å²) in [5, 5.41) is 9.36. The number of aromatic nitrogens is 3. The van der Waals surface area contributed by atoms with Gasteiger partial charge in [0.2, 0.25) is 0 Å². The van der Waals surface area contributed by atoms with Gasteiger partial charge in [0.1, 0.15) is 17.4 Å². The highest BCUT2D eigenvalue weighted by molar-refractivity contribution is 7.12. The molecule has 0 unspecified atom stereocenters. The van der Waals surface area contributed by atoms with Crippen LogP contribution >= 0.6 is 11.3 Å². The Morgan fingerprint density at radius 1 is 1.31 bits per heavy atom. The fourth-order valence-electron chi connectivity index (χ4n) is 3.94. The number of alkyl carbamates (subject to hydrolysis) is 1. The van der Waals surface area contributed by atoms with E-state index in [1.807, 2.05) is 38.3 Å². The molecule has 0 saturated carbocycles. The normalized spacial score (nSPS) is 16.9. The molecule has 3 aromatic heterocycles. The van der Waals surface area contributed by atoms with Crippen LogP contribution in [0.5, 0.6) is 0 Å². The lowest BCUT2D eigenvalue weighted by Crippen LogP contribution is -2.49. The first-order valence-electron chi connectivity index (χ1n) is 10.6. The highest BCUT2D eigenvalue weighted by Gasteiger charge is 2.27. The average molecular weight is 457 g/mol. The van der Waals surface area contributed by atoms with Gasteiger partial charge in [0.25, 0.3) is 0 Å². The van der Waals surface area contributed by atoms with Gasteiger partial charge in [-0.05, 0) is 52.7 Å². The van der Waals surface area contributed by atoms with Crippen LogP contribution in [0.25, 0.3) is 16.8 Å².